The van der Waals surface area contributed by atoms with Crippen LogP contribution >= 0.6 is 23.4 Å². The predicted octanol–water partition coefficient (Wildman–Crippen LogP) is 4.37. The van der Waals surface area contributed by atoms with Gasteiger partial charge in [0, 0.05) is 61.8 Å². The van der Waals surface area contributed by atoms with Crippen molar-refractivity contribution in [1.29, 1.82) is 0 Å². The Labute approximate surface area is 237 Å². The van der Waals surface area contributed by atoms with Crippen LogP contribution in [0.4, 0.5) is 0 Å². The van der Waals surface area contributed by atoms with E-state index in [2.05, 4.69) is 15.2 Å². The lowest BCUT2D eigenvalue weighted by molar-refractivity contribution is -0.130. The number of aromatic nitrogens is 1. The highest BCUT2D eigenvalue weighted by Gasteiger charge is 2.49. The molecule has 212 valence electrons. The fraction of sp³-hybridized carbons (Fsp3) is 0.571. The van der Waals surface area contributed by atoms with Gasteiger partial charge in [0.1, 0.15) is 0 Å². The van der Waals surface area contributed by atoms with Crippen molar-refractivity contribution in [3.8, 4) is 17.2 Å². The lowest BCUT2D eigenvalue weighted by atomic mass is 9.80. The van der Waals surface area contributed by atoms with Crippen LogP contribution in [0.2, 0.25) is 5.02 Å². The number of likely N-dealkylation sites (tertiary alicyclic amines) is 1. The molecule has 0 spiro atoms. The molecule has 3 heterocycles. The van der Waals surface area contributed by atoms with Gasteiger partial charge in [-0.15, -0.1) is 11.8 Å². The second-order valence-electron chi connectivity index (χ2n) is 10.6. The zero-order valence-corrected chi connectivity index (χ0v) is 24.6. The maximum Gasteiger partial charge on any atom is 0.255 e. The Hall–Kier alpha value is -2.40. The summed E-state index contributed by atoms with van der Waals surface area (Å²) in [6.07, 6.45) is 6.29. The molecule has 2 aliphatic heterocycles. The number of aromatic amines is 1. The molecule has 1 aromatic heterocycles. The van der Waals surface area contributed by atoms with Gasteiger partial charge in [0.25, 0.3) is 17.3 Å². The molecule has 39 heavy (non-hydrogen) atoms. The number of pyridine rings is 1. The number of hydrogen-bond acceptors (Lipinski definition) is 8. The maximum absolute atomic E-state index is 13.3. The van der Waals surface area contributed by atoms with Crippen LogP contribution in [-0.2, 0) is 11.3 Å². The number of nitrogens with zero attached hydrogens (tertiary/aromatic N) is 1. The second kappa shape index (κ2) is 11.2. The first-order valence-electron chi connectivity index (χ1n) is 13.3. The quantitative estimate of drug-likeness (QED) is 0.446. The monoisotopic (exact) mass is 577 g/mol. The van der Waals surface area contributed by atoms with Gasteiger partial charge in [-0.1, -0.05) is 11.6 Å². The Morgan fingerprint density at radius 1 is 1.21 bits per heavy atom. The van der Waals surface area contributed by atoms with Gasteiger partial charge in [-0.3, -0.25) is 14.5 Å². The van der Waals surface area contributed by atoms with E-state index in [-0.39, 0.29) is 34.4 Å². The summed E-state index contributed by atoms with van der Waals surface area (Å²) in [6.45, 7) is 5.81. The minimum absolute atomic E-state index is 0.0585. The van der Waals surface area contributed by atoms with Gasteiger partial charge >= 0.3 is 0 Å². The molecule has 0 radical (unpaired) electrons. The van der Waals surface area contributed by atoms with Crippen LogP contribution in [0.3, 0.4) is 0 Å². The number of nitrogens with one attached hydrogen (secondary N) is 2. The van der Waals surface area contributed by atoms with Gasteiger partial charge < -0.3 is 29.2 Å². The third kappa shape index (κ3) is 5.36. The highest BCUT2D eigenvalue weighted by molar-refractivity contribution is 7.98. The molecule has 2 N–H and O–H groups in total. The molecule has 1 amide bonds. The van der Waals surface area contributed by atoms with Crippen LogP contribution in [-0.4, -0.2) is 67.3 Å². The SMILES string of the molecule is COc1c(C(=O)NCc2c(SC)cc(C)[nH]c2=O)cc(Cl)c2c1O[C@@](C)(C1CCC(N3CC(OC)C3)CC1)O2. The van der Waals surface area contributed by atoms with Crippen molar-refractivity contribution < 1.29 is 23.7 Å². The summed E-state index contributed by atoms with van der Waals surface area (Å²) in [4.78, 5) is 31.9. The average molecular weight is 578 g/mol. The number of fused-ring (bicyclic) bond motifs is 1. The molecule has 3 aliphatic rings. The van der Waals surface area contributed by atoms with Crippen LogP contribution in [0, 0.1) is 12.8 Å². The third-order valence-electron chi connectivity index (χ3n) is 8.24. The predicted molar refractivity (Wildman–Crippen MR) is 151 cm³/mol. The molecule has 2 aromatic rings. The highest BCUT2D eigenvalue weighted by Crippen LogP contribution is 2.54. The molecule has 9 nitrogen and oxygen atoms in total. The van der Waals surface area contributed by atoms with Crippen molar-refractivity contribution >= 4 is 29.3 Å². The number of H-pyrrole nitrogens is 1. The molecule has 1 atom stereocenters. The number of rotatable bonds is 8. The van der Waals surface area contributed by atoms with E-state index in [1.165, 1.54) is 24.9 Å². The minimum Gasteiger partial charge on any atom is -0.492 e. The third-order valence-corrected chi connectivity index (χ3v) is 9.33. The number of carbonyl (C=O) groups excluding carboxylic acids is 1. The first-order chi connectivity index (χ1) is 18.7. The van der Waals surface area contributed by atoms with Gasteiger partial charge in [0.05, 0.1) is 23.8 Å². The first-order valence-corrected chi connectivity index (χ1v) is 14.9. The zero-order valence-electron chi connectivity index (χ0n) is 23.0. The Balaban J connectivity index is 1.30. The summed E-state index contributed by atoms with van der Waals surface area (Å²) in [5.41, 5.74) is 1.25. The molecule has 1 aromatic carbocycles. The lowest BCUT2D eigenvalue weighted by Crippen LogP contribution is -2.57. The lowest BCUT2D eigenvalue weighted by Gasteiger charge is -2.47. The summed E-state index contributed by atoms with van der Waals surface area (Å²) in [5, 5.41) is 3.12. The number of ether oxygens (including phenoxy) is 4. The van der Waals surface area contributed by atoms with Crippen molar-refractivity contribution in [2.45, 2.75) is 68.9 Å². The van der Waals surface area contributed by atoms with Crippen LogP contribution in [0.5, 0.6) is 17.2 Å². The van der Waals surface area contributed by atoms with Crippen molar-refractivity contribution in [3.05, 3.63) is 44.3 Å². The van der Waals surface area contributed by atoms with Crippen LogP contribution in [0.1, 0.15) is 54.2 Å². The van der Waals surface area contributed by atoms with Gasteiger partial charge in [0.15, 0.2) is 11.5 Å². The normalized spacial score (nSPS) is 24.9. The van der Waals surface area contributed by atoms with E-state index < -0.39 is 11.7 Å². The Kier molecular flexibility index (Phi) is 8.10. The maximum atomic E-state index is 13.3. The standard InChI is InChI=1S/C28H36ClN3O6S/c1-15-10-22(39-5)20(27(34)31-15)12-30-26(33)19-11-21(29)24-25(23(19)36-4)38-28(2,37-24)16-6-8-17(9-7-16)32-13-18(14-32)35-3/h10-11,16-18H,6-9,12-14H2,1-5H3,(H,30,33)(H,31,34)/t16?,17?,28-/m0/s1. The van der Waals surface area contributed by atoms with Crippen LogP contribution in [0.15, 0.2) is 21.8 Å². The number of amides is 1. The van der Waals surface area contributed by atoms with E-state index >= 15 is 0 Å². The summed E-state index contributed by atoms with van der Waals surface area (Å²) in [7, 11) is 3.26. The molecule has 1 saturated carbocycles. The average Bonchev–Trinajstić information content (AvgIpc) is 3.26. The highest BCUT2D eigenvalue weighted by atomic mass is 35.5. The second-order valence-corrected chi connectivity index (χ2v) is 11.9. The number of benzene rings is 1. The molecule has 0 bridgehead atoms. The Bertz CT molecular complexity index is 1310. The largest absolute Gasteiger partial charge is 0.492 e. The molecule has 1 aliphatic carbocycles. The van der Waals surface area contributed by atoms with Gasteiger partial charge in [-0.2, -0.15) is 0 Å². The summed E-state index contributed by atoms with van der Waals surface area (Å²) < 4.78 is 23.9. The fourth-order valence-corrected chi connectivity index (χ4v) is 6.86. The van der Waals surface area contributed by atoms with Gasteiger partial charge in [-0.25, -0.2) is 0 Å². The van der Waals surface area contributed by atoms with Crippen molar-refractivity contribution in [2.24, 2.45) is 5.92 Å². The molecule has 1 saturated heterocycles. The molecule has 5 rings (SSSR count). The molecule has 11 heteroatoms. The molecule has 2 fully saturated rings. The van der Waals surface area contributed by atoms with E-state index in [4.69, 9.17) is 30.5 Å². The number of aryl methyl sites for hydroxylation is 1. The van der Waals surface area contributed by atoms with E-state index in [9.17, 15) is 9.59 Å². The summed E-state index contributed by atoms with van der Waals surface area (Å²) >= 11 is 8.08. The van der Waals surface area contributed by atoms with E-state index in [1.807, 2.05) is 26.2 Å². The number of carbonyl (C=O) groups is 1. The number of halogens is 1. The number of methoxy groups -OCH3 is 2. The Morgan fingerprint density at radius 3 is 2.54 bits per heavy atom. The molecular formula is C28H36ClN3O6S. The van der Waals surface area contributed by atoms with E-state index in [0.29, 0.717) is 29.2 Å². The smallest absolute Gasteiger partial charge is 0.255 e. The molecular weight excluding hydrogens is 542 g/mol. The van der Waals surface area contributed by atoms with Crippen LogP contribution in [0.25, 0.3) is 0 Å². The summed E-state index contributed by atoms with van der Waals surface area (Å²) in [5.74, 6) is -0.185. The van der Waals surface area contributed by atoms with E-state index in [1.54, 1.807) is 7.11 Å². The molecule has 0 unspecified atom stereocenters. The summed E-state index contributed by atoms with van der Waals surface area (Å²) in [6, 6.07) is 3.98. The van der Waals surface area contributed by atoms with E-state index in [0.717, 1.165) is 49.4 Å². The minimum atomic E-state index is -0.911. The number of hydrogen-bond donors (Lipinski definition) is 2. The fourth-order valence-electron chi connectivity index (χ4n) is 5.93. The van der Waals surface area contributed by atoms with Crippen molar-refractivity contribution in [2.75, 3.05) is 33.6 Å². The number of thioether (sulfide) groups is 1. The Morgan fingerprint density at radius 2 is 1.90 bits per heavy atom. The van der Waals surface area contributed by atoms with Gasteiger partial charge in [-0.05, 0) is 51.0 Å². The van der Waals surface area contributed by atoms with Crippen LogP contribution < -0.4 is 25.1 Å². The van der Waals surface area contributed by atoms with Crippen molar-refractivity contribution in [3.63, 3.8) is 0 Å². The topological polar surface area (TPSA) is 102 Å². The van der Waals surface area contributed by atoms with Gasteiger partial charge in [0.2, 0.25) is 5.75 Å². The zero-order chi connectivity index (χ0) is 27.9. The first kappa shape index (κ1) is 28.1. The van der Waals surface area contributed by atoms with Crippen molar-refractivity contribution in [1.82, 2.24) is 15.2 Å².